The molecule has 2 aliphatic heterocycles. The fourth-order valence-corrected chi connectivity index (χ4v) is 4.99. The zero-order valence-corrected chi connectivity index (χ0v) is 18.2. The minimum atomic E-state index is -0.569. The normalized spacial score (nSPS) is 19.2. The van der Waals surface area contributed by atoms with Gasteiger partial charge < -0.3 is 20.1 Å². The number of carbonyl (C=O) groups excluding carboxylic acids is 1. The molecule has 0 radical (unpaired) electrons. The zero-order valence-electron chi connectivity index (χ0n) is 18.2. The number of nitrogens with zero attached hydrogens (tertiary/aromatic N) is 2. The summed E-state index contributed by atoms with van der Waals surface area (Å²) in [5.41, 5.74) is 2.24. The van der Waals surface area contributed by atoms with Crippen molar-refractivity contribution in [3.8, 4) is 16.9 Å². The topological polar surface area (TPSA) is 74.7 Å². The number of aliphatic hydroxyl groups is 1. The molecule has 6 nitrogen and oxygen atoms in total. The Bertz CT molecular complexity index is 1090. The van der Waals surface area contributed by atoms with E-state index in [0.717, 1.165) is 60.1 Å². The standard InChI is InChI=1S/C26H29N3O3/c30-21(16-29-10-7-26(8-11-29)14-25(31)28-18-26)17-32-22-12-19-4-1-2-6-23(19)24(13-22)20-5-3-9-27-15-20/h1-6,9,12-13,15,21,30H,7-8,10-11,14,16-18H2,(H,28,31). The molecule has 0 saturated carbocycles. The van der Waals surface area contributed by atoms with Crippen LogP contribution in [-0.2, 0) is 4.79 Å². The van der Waals surface area contributed by atoms with Crippen LogP contribution in [0.5, 0.6) is 5.75 Å². The molecule has 6 heteroatoms. The quantitative estimate of drug-likeness (QED) is 0.627. The van der Waals surface area contributed by atoms with Gasteiger partial charge in [-0.3, -0.25) is 9.78 Å². The Morgan fingerprint density at radius 3 is 2.75 bits per heavy atom. The van der Waals surface area contributed by atoms with Gasteiger partial charge in [-0.25, -0.2) is 0 Å². The van der Waals surface area contributed by atoms with Gasteiger partial charge in [0.05, 0.1) is 0 Å². The van der Waals surface area contributed by atoms with E-state index in [1.807, 2.05) is 42.6 Å². The van der Waals surface area contributed by atoms with Crippen LogP contribution in [0.3, 0.4) is 0 Å². The van der Waals surface area contributed by atoms with Crippen molar-refractivity contribution in [2.45, 2.75) is 25.4 Å². The van der Waals surface area contributed by atoms with Crippen LogP contribution in [0.15, 0.2) is 60.9 Å². The molecule has 5 rings (SSSR count). The number of amides is 1. The number of hydrogen-bond donors (Lipinski definition) is 2. The summed E-state index contributed by atoms with van der Waals surface area (Å²) in [7, 11) is 0. The summed E-state index contributed by atoms with van der Waals surface area (Å²) < 4.78 is 6.04. The van der Waals surface area contributed by atoms with Crippen LogP contribution in [0, 0.1) is 5.41 Å². The Hall–Kier alpha value is -2.96. The summed E-state index contributed by atoms with van der Waals surface area (Å²) in [6.45, 7) is 3.44. The van der Waals surface area contributed by atoms with Crippen LogP contribution >= 0.6 is 0 Å². The van der Waals surface area contributed by atoms with Gasteiger partial charge in [-0.1, -0.05) is 30.3 Å². The number of benzene rings is 2. The van der Waals surface area contributed by atoms with Crippen molar-refractivity contribution in [3.05, 3.63) is 60.9 Å². The second-order valence-corrected chi connectivity index (χ2v) is 9.15. The van der Waals surface area contributed by atoms with Crippen molar-refractivity contribution in [2.75, 3.05) is 32.8 Å². The summed E-state index contributed by atoms with van der Waals surface area (Å²) >= 11 is 0. The first-order valence-corrected chi connectivity index (χ1v) is 11.3. The molecular weight excluding hydrogens is 402 g/mol. The molecule has 3 aromatic rings. The molecule has 1 amide bonds. The van der Waals surface area contributed by atoms with Crippen LogP contribution in [0.1, 0.15) is 19.3 Å². The van der Waals surface area contributed by atoms with E-state index in [4.69, 9.17) is 4.74 Å². The lowest BCUT2D eigenvalue weighted by Gasteiger charge is -2.38. The highest BCUT2D eigenvalue weighted by Crippen LogP contribution is 2.37. The van der Waals surface area contributed by atoms with Crippen molar-refractivity contribution in [1.82, 2.24) is 15.2 Å². The van der Waals surface area contributed by atoms with E-state index in [9.17, 15) is 9.90 Å². The van der Waals surface area contributed by atoms with Crippen molar-refractivity contribution in [2.24, 2.45) is 5.41 Å². The lowest BCUT2D eigenvalue weighted by Crippen LogP contribution is -2.45. The lowest BCUT2D eigenvalue weighted by atomic mass is 9.77. The Morgan fingerprint density at radius 2 is 2.00 bits per heavy atom. The Labute approximate surface area is 188 Å². The number of carbonyl (C=O) groups is 1. The molecular formula is C26H29N3O3. The van der Waals surface area contributed by atoms with Gasteiger partial charge >= 0.3 is 0 Å². The second-order valence-electron chi connectivity index (χ2n) is 9.15. The van der Waals surface area contributed by atoms with E-state index in [0.29, 0.717) is 13.0 Å². The highest BCUT2D eigenvalue weighted by atomic mass is 16.5. The first kappa shape index (κ1) is 20.9. The van der Waals surface area contributed by atoms with Gasteiger partial charge in [0, 0.05) is 37.5 Å². The maximum atomic E-state index is 11.6. The molecule has 2 N–H and O–H groups in total. The molecule has 2 saturated heterocycles. The highest BCUT2D eigenvalue weighted by molar-refractivity contribution is 5.97. The van der Waals surface area contributed by atoms with E-state index >= 15 is 0 Å². The average molecular weight is 432 g/mol. The van der Waals surface area contributed by atoms with Crippen molar-refractivity contribution < 1.29 is 14.6 Å². The van der Waals surface area contributed by atoms with Crippen LogP contribution in [0.4, 0.5) is 0 Å². The van der Waals surface area contributed by atoms with E-state index in [-0.39, 0.29) is 17.9 Å². The third kappa shape index (κ3) is 4.47. The molecule has 2 fully saturated rings. The van der Waals surface area contributed by atoms with E-state index in [2.05, 4.69) is 27.3 Å². The Morgan fingerprint density at radius 1 is 1.16 bits per heavy atom. The van der Waals surface area contributed by atoms with Gasteiger partial charge in [0.1, 0.15) is 18.5 Å². The molecule has 1 atom stereocenters. The SMILES string of the molecule is O=C1CC2(CCN(CC(O)COc3cc(-c4cccnc4)c4ccccc4c3)CC2)CN1. The Balaban J connectivity index is 1.22. The zero-order chi connectivity index (χ0) is 22.0. The number of likely N-dealkylation sites (tertiary alicyclic amines) is 1. The van der Waals surface area contributed by atoms with Crippen LogP contribution in [0.25, 0.3) is 21.9 Å². The van der Waals surface area contributed by atoms with Gasteiger partial charge in [0.25, 0.3) is 0 Å². The molecule has 0 aliphatic carbocycles. The van der Waals surface area contributed by atoms with Gasteiger partial charge in [-0.15, -0.1) is 0 Å². The summed E-state index contributed by atoms with van der Waals surface area (Å²) in [5, 5.41) is 15.8. The maximum absolute atomic E-state index is 11.6. The number of pyridine rings is 1. The summed E-state index contributed by atoms with van der Waals surface area (Å²) in [5.74, 6) is 0.919. The number of fused-ring (bicyclic) bond motifs is 1. The van der Waals surface area contributed by atoms with Gasteiger partial charge in [0.2, 0.25) is 5.91 Å². The summed E-state index contributed by atoms with van der Waals surface area (Å²) in [6, 6.07) is 16.3. The number of piperidine rings is 1. The second kappa shape index (κ2) is 8.88. The third-order valence-electron chi connectivity index (χ3n) is 6.83. The number of nitrogens with one attached hydrogen (secondary N) is 1. The number of ether oxygens (including phenoxy) is 1. The number of rotatable bonds is 6. The lowest BCUT2D eigenvalue weighted by molar-refractivity contribution is -0.119. The number of hydrogen-bond acceptors (Lipinski definition) is 5. The fourth-order valence-electron chi connectivity index (χ4n) is 4.99. The minimum Gasteiger partial charge on any atom is -0.491 e. The summed E-state index contributed by atoms with van der Waals surface area (Å²) in [4.78, 5) is 18.1. The van der Waals surface area contributed by atoms with Crippen LogP contribution in [0.2, 0.25) is 0 Å². The van der Waals surface area contributed by atoms with Crippen molar-refractivity contribution >= 4 is 16.7 Å². The number of aliphatic hydroxyl groups excluding tert-OH is 1. The fraction of sp³-hybridized carbons (Fsp3) is 0.385. The maximum Gasteiger partial charge on any atom is 0.220 e. The third-order valence-corrected chi connectivity index (χ3v) is 6.83. The van der Waals surface area contributed by atoms with E-state index in [1.165, 1.54) is 0 Å². The predicted molar refractivity (Wildman–Crippen MR) is 124 cm³/mol. The molecule has 2 aliphatic rings. The van der Waals surface area contributed by atoms with Crippen molar-refractivity contribution in [1.29, 1.82) is 0 Å². The number of aromatic nitrogens is 1. The molecule has 1 spiro atoms. The van der Waals surface area contributed by atoms with E-state index in [1.54, 1.807) is 6.20 Å². The van der Waals surface area contributed by atoms with E-state index < -0.39 is 6.10 Å². The van der Waals surface area contributed by atoms with Gasteiger partial charge in [-0.2, -0.15) is 0 Å². The molecule has 32 heavy (non-hydrogen) atoms. The summed E-state index contributed by atoms with van der Waals surface area (Å²) in [6.07, 6.45) is 5.70. The minimum absolute atomic E-state index is 0.128. The van der Waals surface area contributed by atoms with Crippen LogP contribution in [-0.4, -0.2) is 59.8 Å². The molecule has 0 bridgehead atoms. The van der Waals surface area contributed by atoms with Crippen molar-refractivity contribution in [3.63, 3.8) is 0 Å². The Kier molecular flexibility index (Phi) is 5.81. The number of β-amino-alcohol motifs (C(OH)–C–C–N with tert-alkyl or cyclic N) is 1. The molecule has 166 valence electrons. The van der Waals surface area contributed by atoms with Gasteiger partial charge in [0.15, 0.2) is 0 Å². The molecule has 1 unspecified atom stereocenters. The highest BCUT2D eigenvalue weighted by Gasteiger charge is 2.40. The molecule has 3 heterocycles. The van der Waals surface area contributed by atoms with Gasteiger partial charge in [-0.05, 0) is 65.9 Å². The largest absolute Gasteiger partial charge is 0.491 e. The predicted octanol–water partition coefficient (Wildman–Crippen LogP) is 3.24. The average Bonchev–Trinajstić information content (AvgIpc) is 3.19. The van der Waals surface area contributed by atoms with Crippen LogP contribution < -0.4 is 10.1 Å². The molecule has 1 aromatic heterocycles. The molecule has 2 aromatic carbocycles. The first-order chi connectivity index (χ1) is 15.6. The monoisotopic (exact) mass is 431 g/mol. The first-order valence-electron chi connectivity index (χ1n) is 11.3. The smallest absolute Gasteiger partial charge is 0.220 e.